The topological polar surface area (TPSA) is 81.7 Å². The van der Waals surface area contributed by atoms with Gasteiger partial charge in [-0.1, -0.05) is 0 Å². The van der Waals surface area contributed by atoms with Crippen LogP contribution in [0.1, 0.15) is 26.2 Å². The molecule has 1 saturated heterocycles. The molecule has 0 aliphatic carbocycles. The van der Waals surface area contributed by atoms with Crippen molar-refractivity contribution in [2.24, 2.45) is 0 Å². The van der Waals surface area contributed by atoms with Gasteiger partial charge in [-0.25, -0.2) is 9.59 Å². The first kappa shape index (κ1) is 17.1. The van der Waals surface area contributed by atoms with Crippen LogP contribution in [0.5, 0.6) is 0 Å². The molecule has 0 spiro atoms. The molecule has 2 unspecified atom stereocenters. The molecule has 1 fully saturated rings. The Hall–Kier alpha value is -0.950. The van der Waals surface area contributed by atoms with Gasteiger partial charge >= 0.3 is 12.0 Å². The van der Waals surface area contributed by atoms with Crippen LogP contribution in [0.3, 0.4) is 0 Å². The van der Waals surface area contributed by atoms with E-state index in [2.05, 4.69) is 29.5 Å². The number of rotatable bonds is 6. The number of piperidine rings is 1. The van der Waals surface area contributed by atoms with Crippen LogP contribution >= 0.6 is 11.8 Å². The zero-order valence-corrected chi connectivity index (χ0v) is 13.2. The Morgan fingerprint density at radius 1 is 1.50 bits per heavy atom. The van der Waals surface area contributed by atoms with Crippen LogP contribution in [0.2, 0.25) is 0 Å². The largest absolute Gasteiger partial charge is 0.480 e. The Bertz CT molecular complexity index is 341. The van der Waals surface area contributed by atoms with Gasteiger partial charge in [-0.05, 0) is 45.2 Å². The minimum absolute atomic E-state index is 0.121. The van der Waals surface area contributed by atoms with Gasteiger partial charge in [0.05, 0.1) is 0 Å². The molecule has 1 heterocycles. The summed E-state index contributed by atoms with van der Waals surface area (Å²) in [5.74, 6) is -0.270. The molecule has 0 radical (unpaired) electrons. The molecule has 0 aromatic rings. The molecule has 7 heteroatoms. The number of urea groups is 1. The molecule has 3 N–H and O–H groups in total. The zero-order chi connectivity index (χ0) is 15.1. The van der Waals surface area contributed by atoms with Crippen molar-refractivity contribution in [3.05, 3.63) is 0 Å². The summed E-state index contributed by atoms with van der Waals surface area (Å²) in [4.78, 5) is 25.2. The molecule has 0 saturated carbocycles. The smallest absolute Gasteiger partial charge is 0.326 e. The molecule has 1 aliphatic heterocycles. The lowest BCUT2D eigenvalue weighted by atomic mass is 9.99. The molecule has 0 bridgehead atoms. The Balaban J connectivity index is 2.39. The fourth-order valence-electron chi connectivity index (χ4n) is 2.30. The number of carbonyl (C=O) groups excluding carboxylic acids is 1. The van der Waals surface area contributed by atoms with Gasteiger partial charge in [0.1, 0.15) is 6.04 Å². The summed E-state index contributed by atoms with van der Waals surface area (Å²) in [5.41, 5.74) is 0. The van der Waals surface area contributed by atoms with E-state index in [0.717, 1.165) is 19.4 Å². The van der Waals surface area contributed by atoms with E-state index in [1.54, 1.807) is 11.8 Å². The lowest BCUT2D eigenvalue weighted by Crippen LogP contribution is -2.53. The van der Waals surface area contributed by atoms with Crippen molar-refractivity contribution >= 4 is 23.8 Å². The third kappa shape index (κ3) is 5.58. The van der Waals surface area contributed by atoms with E-state index in [4.69, 9.17) is 5.11 Å². The fourth-order valence-corrected chi connectivity index (χ4v) is 2.77. The first-order valence-corrected chi connectivity index (χ1v) is 8.32. The standard InChI is InChI=1S/C13H25N3O3S/c1-9-8-10(4-6-16(9)2)14-13(19)15-11(12(17)18)5-7-20-3/h9-11H,4-8H2,1-3H3,(H,17,18)(H2,14,15,19)/t9?,10?,11-/m1/s1. The highest BCUT2D eigenvalue weighted by molar-refractivity contribution is 7.98. The van der Waals surface area contributed by atoms with Crippen LogP contribution < -0.4 is 10.6 Å². The number of aliphatic carboxylic acids is 1. The molecule has 0 aromatic carbocycles. The third-order valence-electron chi connectivity index (χ3n) is 3.76. The van der Waals surface area contributed by atoms with E-state index in [1.807, 2.05) is 6.26 Å². The highest BCUT2D eigenvalue weighted by atomic mass is 32.2. The van der Waals surface area contributed by atoms with Crippen molar-refractivity contribution < 1.29 is 14.7 Å². The molecule has 1 rings (SSSR count). The molecule has 20 heavy (non-hydrogen) atoms. The molecule has 116 valence electrons. The predicted molar refractivity (Wildman–Crippen MR) is 81.2 cm³/mol. The normalized spacial score (nSPS) is 24.9. The third-order valence-corrected chi connectivity index (χ3v) is 4.40. The minimum Gasteiger partial charge on any atom is -0.480 e. The number of carboxylic acids is 1. The van der Waals surface area contributed by atoms with Gasteiger partial charge in [-0.15, -0.1) is 0 Å². The summed E-state index contributed by atoms with van der Waals surface area (Å²) in [5, 5.41) is 14.5. The SMILES string of the molecule is CSCC[C@@H](NC(=O)NC1CCN(C)C(C)C1)C(=O)O. The van der Waals surface area contributed by atoms with Crippen molar-refractivity contribution in [2.75, 3.05) is 25.6 Å². The Morgan fingerprint density at radius 2 is 2.20 bits per heavy atom. The van der Waals surface area contributed by atoms with Gasteiger partial charge < -0.3 is 20.6 Å². The van der Waals surface area contributed by atoms with Crippen LogP contribution in [0.25, 0.3) is 0 Å². The quantitative estimate of drug-likeness (QED) is 0.681. The second kappa shape index (κ2) is 8.36. The van der Waals surface area contributed by atoms with Gasteiger partial charge in [0, 0.05) is 18.6 Å². The highest BCUT2D eigenvalue weighted by Gasteiger charge is 2.25. The second-order valence-electron chi connectivity index (χ2n) is 5.34. The van der Waals surface area contributed by atoms with Gasteiger partial charge in [0.15, 0.2) is 0 Å². The van der Waals surface area contributed by atoms with Crippen LogP contribution in [0.15, 0.2) is 0 Å². The predicted octanol–water partition coefficient (Wildman–Crippen LogP) is 0.975. The fraction of sp³-hybridized carbons (Fsp3) is 0.846. The van der Waals surface area contributed by atoms with Crippen molar-refractivity contribution in [3.8, 4) is 0 Å². The van der Waals surface area contributed by atoms with Crippen molar-refractivity contribution in [1.82, 2.24) is 15.5 Å². The zero-order valence-electron chi connectivity index (χ0n) is 12.4. The highest BCUT2D eigenvalue weighted by Crippen LogP contribution is 2.15. The lowest BCUT2D eigenvalue weighted by Gasteiger charge is -2.35. The van der Waals surface area contributed by atoms with Gasteiger partial charge in [-0.3, -0.25) is 0 Å². The second-order valence-corrected chi connectivity index (χ2v) is 6.33. The Morgan fingerprint density at radius 3 is 2.75 bits per heavy atom. The van der Waals surface area contributed by atoms with Crippen molar-refractivity contribution in [2.45, 2.75) is 44.3 Å². The molecular formula is C13H25N3O3S. The number of hydrogen-bond donors (Lipinski definition) is 3. The van der Waals surface area contributed by atoms with Crippen molar-refractivity contribution in [3.63, 3.8) is 0 Å². The van der Waals surface area contributed by atoms with Gasteiger partial charge in [-0.2, -0.15) is 11.8 Å². The number of carbonyl (C=O) groups is 2. The first-order valence-electron chi connectivity index (χ1n) is 6.93. The summed E-state index contributed by atoms with van der Waals surface area (Å²) in [7, 11) is 2.07. The average molecular weight is 303 g/mol. The maximum Gasteiger partial charge on any atom is 0.326 e. The summed E-state index contributed by atoms with van der Waals surface area (Å²) in [6.07, 6.45) is 4.15. The van der Waals surface area contributed by atoms with Crippen LogP contribution in [-0.4, -0.2) is 65.7 Å². The number of carboxylic acid groups (broad SMARTS) is 1. The lowest BCUT2D eigenvalue weighted by molar-refractivity contribution is -0.139. The molecule has 0 aromatic heterocycles. The van der Waals surface area contributed by atoms with E-state index < -0.39 is 12.0 Å². The van der Waals surface area contributed by atoms with E-state index in [1.165, 1.54) is 0 Å². The molecule has 6 nitrogen and oxygen atoms in total. The molecule has 3 atom stereocenters. The minimum atomic E-state index is -0.981. The summed E-state index contributed by atoms with van der Waals surface area (Å²) in [6.45, 7) is 3.07. The average Bonchev–Trinajstić information content (AvgIpc) is 2.38. The molecule has 1 aliphatic rings. The van der Waals surface area contributed by atoms with E-state index in [0.29, 0.717) is 18.2 Å². The number of thioether (sulfide) groups is 1. The van der Waals surface area contributed by atoms with Crippen LogP contribution in [0.4, 0.5) is 4.79 Å². The van der Waals surface area contributed by atoms with Gasteiger partial charge in [0.25, 0.3) is 0 Å². The summed E-state index contributed by atoms with van der Waals surface area (Å²) >= 11 is 1.57. The van der Waals surface area contributed by atoms with Crippen LogP contribution in [0, 0.1) is 0 Å². The number of hydrogen-bond acceptors (Lipinski definition) is 4. The van der Waals surface area contributed by atoms with Crippen LogP contribution in [-0.2, 0) is 4.79 Å². The molecular weight excluding hydrogens is 278 g/mol. The Labute approximate surface area is 124 Å². The summed E-state index contributed by atoms with van der Waals surface area (Å²) in [6, 6.07) is -0.636. The van der Waals surface area contributed by atoms with E-state index in [9.17, 15) is 9.59 Å². The molecule has 2 amide bonds. The maximum atomic E-state index is 11.9. The van der Waals surface area contributed by atoms with Crippen molar-refractivity contribution in [1.29, 1.82) is 0 Å². The number of nitrogens with one attached hydrogen (secondary N) is 2. The maximum absolute atomic E-state index is 11.9. The number of nitrogens with zero attached hydrogens (tertiary/aromatic N) is 1. The number of likely N-dealkylation sites (tertiary alicyclic amines) is 1. The Kier molecular flexibility index (Phi) is 7.15. The monoisotopic (exact) mass is 303 g/mol. The van der Waals surface area contributed by atoms with E-state index >= 15 is 0 Å². The number of amides is 2. The first-order chi connectivity index (χ1) is 9.43. The van der Waals surface area contributed by atoms with Gasteiger partial charge in [0.2, 0.25) is 0 Å². The summed E-state index contributed by atoms with van der Waals surface area (Å²) < 4.78 is 0. The van der Waals surface area contributed by atoms with E-state index in [-0.39, 0.29) is 12.1 Å².